The molecule has 16 nitrogen and oxygen atoms in total. The van der Waals surface area contributed by atoms with Crippen molar-refractivity contribution in [1.82, 2.24) is 40.4 Å². The molecule has 2 saturated heterocycles. The van der Waals surface area contributed by atoms with Crippen LogP contribution in [0.4, 0.5) is 9.59 Å². The van der Waals surface area contributed by atoms with Gasteiger partial charge in [0.1, 0.15) is 23.7 Å². The zero-order valence-corrected chi connectivity index (χ0v) is 32.3. The van der Waals surface area contributed by atoms with Crippen LogP contribution in [0.5, 0.6) is 0 Å². The van der Waals surface area contributed by atoms with E-state index in [-0.39, 0.29) is 30.5 Å². The summed E-state index contributed by atoms with van der Waals surface area (Å²) in [4.78, 5) is 75.0. The van der Waals surface area contributed by atoms with Gasteiger partial charge < -0.3 is 49.3 Å². The third-order valence-electron chi connectivity index (χ3n) is 9.53. The summed E-state index contributed by atoms with van der Waals surface area (Å²) in [5.74, 6) is 0.969. The normalized spacial score (nSPS) is 18.1. The van der Waals surface area contributed by atoms with Gasteiger partial charge in [-0.25, -0.2) is 19.6 Å². The van der Waals surface area contributed by atoms with Crippen molar-refractivity contribution in [2.24, 2.45) is 0 Å². The molecular weight excluding hydrogens is 737 g/mol. The van der Waals surface area contributed by atoms with E-state index in [0.717, 1.165) is 56.6 Å². The zero-order valence-electron chi connectivity index (χ0n) is 30.7. The number of thiophene rings is 2. The Hall–Kier alpha value is -4.78. The number of carbonyl (C=O) groups is 4. The highest BCUT2D eigenvalue weighted by Crippen LogP contribution is 2.41. The van der Waals surface area contributed by atoms with Gasteiger partial charge in [-0.3, -0.25) is 9.59 Å². The minimum Gasteiger partial charge on any atom is -0.453 e. The maximum atomic E-state index is 13.6. The molecule has 2 aliphatic rings. The summed E-state index contributed by atoms with van der Waals surface area (Å²) in [6.07, 6.45) is 5.72. The molecule has 0 aliphatic carbocycles. The van der Waals surface area contributed by atoms with Crippen molar-refractivity contribution in [2.75, 3.05) is 54.2 Å². The predicted molar refractivity (Wildman–Crippen MR) is 202 cm³/mol. The first-order valence-electron chi connectivity index (χ1n) is 17.9. The highest BCUT2D eigenvalue weighted by atomic mass is 32.1. The second kappa shape index (κ2) is 18.0. The van der Waals surface area contributed by atoms with Crippen molar-refractivity contribution in [3.8, 4) is 30.9 Å². The van der Waals surface area contributed by atoms with E-state index in [2.05, 4.69) is 54.8 Å². The summed E-state index contributed by atoms with van der Waals surface area (Å²) in [6, 6.07) is 6.17. The number of alkyl carbamates (subject to hydrolysis) is 2. The summed E-state index contributed by atoms with van der Waals surface area (Å²) in [5.41, 5.74) is 1.72. The summed E-state index contributed by atoms with van der Waals surface area (Å²) in [7, 11) is 4.08. The van der Waals surface area contributed by atoms with Crippen molar-refractivity contribution in [1.29, 1.82) is 0 Å². The van der Waals surface area contributed by atoms with Crippen LogP contribution < -0.4 is 10.6 Å². The van der Waals surface area contributed by atoms with E-state index in [1.54, 1.807) is 52.0 Å². The van der Waals surface area contributed by atoms with Gasteiger partial charge in [0.25, 0.3) is 0 Å². The van der Waals surface area contributed by atoms with Gasteiger partial charge in [0.2, 0.25) is 11.8 Å². The number of aromatic amines is 2. The van der Waals surface area contributed by atoms with E-state index < -0.39 is 24.3 Å². The van der Waals surface area contributed by atoms with E-state index in [1.165, 1.54) is 14.2 Å². The van der Waals surface area contributed by atoms with Gasteiger partial charge in [0, 0.05) is 49.6 Å². The first kappa shape index (κ1) is 38.9. The van der Waals surface area contributed by atoms with Crippen LogP contribution in [0.2, 0.25) is 0 Å². The molecule has 6 rings (SSSR count). The van der Waals surface area contributed by atoms with Crippen LogP contribution in [0.3, 0.4) is 0 Å². The Labute approximate surface area is 320 Å². The van der Waals surface area contributed by atoms with Gasteiger partial charge in [-0.2, -0.15) is 0 Å². The van der Waals surface area contributed by atoms with Gasteiger partial charge >= 0.3 is 12.2 Å². The smallest absolute Gasteiger partial charge is 0.407 e. The van der Waals surface area contributed by atoms with Crippen LogP contribution in [0.25, 0.3) is 30.9 Å². The Morgan fingerprint density at radius 3 is 1.74 bits per heavy atom. The van der Waals surface area contributed by atoms with Gasteiger partial charge in [0.15, 0.2) is 0 Å². The zero-order chi connectivity index (χ0) is 38.2. The fourth-order valence-corrected chi connectivity index (χ4v) is 8.86. The molecule has 0 radical (unpaired) electrons. The number of H-pyrrole nitrogens is 2. The first-order chi connectivity index (χ1) is 26.2. The van der Waals surface area contributed by atoms with Crippen LogP contribution in [0.1, 0.15) is 62.8 Å². The molecule has 4 amide bonds. The molecule has 4 aromatic heterocycles. The summed E-state index contributed by atoms with van der Waals surface area (Å²) in [5, 5.41) is 5.25. The largest absolute Gasteiger partial charge is 0.453 e. The summed E-state index contributed by atoms with van der Waals surface area (Å²) in [6.45, 7) is 3.72. The van der Waals surface area contributed by atoms with Crippen LogP contribution in [-0.2, 0) is 28.5 Å². The van der Waals surface area contributed by atoms with Crippen molar-refractivity contribution in [2.45, 2.75) is 63.2 Å². The van der Waals surface area contributed by atoms with E-state index in [4.69, 9.17) is 18.9 Å². The highest BCUT2D eigenvalue weighted by molar-refractivity contribution is 7.25. The molecule has 0 aromatic carbocycles. The number of hydrogen-bond acceptors (Lipinski definition) is 12. The Kier molecular flexibility index (Phi) is 13.0. The van der Waals surface area contributed by atoms with E-state index in [0.29, 0.717) is 44.4 Å². The minimum absolute atomic E-state index is 0.0505. The summed E-state index contributed by atoms with van der Waals surface area (Å²) < 4.78 is 20.1. The number of methoxy groups -OCH3 is 3. The van der Waals surface area contributed by atoms with Crippen LogP contribution in [0, 0.1) is 0 Å². The second-order valence-electron chi connectivity index (χ2n) is 12.9. The monoisotopic (exact) mass is 782 g/mol. The molecule has 54 heavy (non-hydrogen) atoms. The molecule has 4 aromatic rings. The molecule has 0 bridgehead atoms. The average Bonchev–Trinajstić information content (AvgIpc) is 4.03. The molecule has 0 saturated carbocycles. The van der Waals surface area contributed by atoms with Gasteiger partial charge in [-0.1, -0.05) is 0 Å². The second-order valence-corrected chi connectivity index (χ2v) is 15.1. The van der Waals surface area contributed by atoms with Gasteiger partial charge in [0.05, 0.1) is 66.4 Å². The number of rotatable bonds is 15. The van der Waals surface area contributed by atoms with E-state index in [9.17, 15) is 19.2 Å². The topological polar surface area (TPSA) is 193 Å². The Balaban J connectivity index is 1.12. The van der Waals surface area contributed by atoms with Crippen molar-refractivity contribution >= 4 is 46.7 Å². The maximum Gasteiger partial charge on any atom is 0.407 e. The van der Waals surface area contributed by atoms with Gasteiger partial charge in [-0.05, 0) is 56.9 Å². The Bertz CT molecular complexity index is 1770. The highest BCUT2D eigenvalue weighted by Gasteiger charge is 2.38. The lowest BCUT2D eigenvalue weighted by atomic mass is 10.1. The molecule has 4 N–H and O–H groups in total. The van der Waals surface area contributed by atoms with E-state index in [1.807, 2.05) is 6.92 Å². The lowest BCUT2D eigenvalue weighted by molar-refractivity contribution is -0.136. The lowest BCUT2D eigenvalue weighted by Crippen LogP contribution is -2.50. The maximum absolute atomic E-state index is 13.6. The molecule has 4 atom stereocenters. The third kappa shape index (κ3) is 8.77. The van der Waals surface area contributed by atoms with Crippen molar-refractivity contribution in [3.63, 3.8) is 0 Å². The van der Waals surface area contributed by atoms with E-state index >= 15 is 0 Å². The standard InChI is InChI=1S/C36H46N8O8S2/c1-5-52-20-24(42-36(48)51-4)34(46)44-16-7-9-26(44)32-38-19-23(40-32)28-11-13-30(54-28)29-12-10-27(53-29)22-18-37-31(39-22)25-8-6-15-43(25)33(45)21(14-17-49-2)41-35(47)50-3/h10-13,18-19,21,24-26H,5-9,14-17,20H2,1-4H3,(H,37,39)(H,38,40)(H,41,47)(H,42,48)/t21-,24-,25?,26-/m0/s1. The van der Waals surface area contributed by atoms with Crippen molar-refractivity contribution < 1.29 is 38.1 Å². The number of carbonyl (C=O) groups excluding carboxylic acids is 4. The molecule has 0 spiro atoms. The minimum atomic E-state index is -0.862. The molecular formula is C36H46N8O8S2. The number of aromatic nitrogens is 4. The van der Waals surface area contributed by atoms with Crippen molar-refractivity contribution in [3.05, 3.63) is 48.3 Å². The lowest BCUT2D eigenvalue weighted by Gasteiger charge is -2.28. The number of ether oxygens (including phenoxy) is 4. The van der Waals surface area contributed by atoms with Crippen LogP contribution >= 0.6 is 22.7 Å². The van der Waals surface area contributed by atoms with Crippen LogP contribution in [-0.4, -0.2) is 120 Å². The number of imidazole rings is 2. The quantitative estimate of drug-likeness (QED) is 0.126. The number of likely N-dealkylation sites (tertiary alicyclic amines) is 2. The average molecular weight is 783 g/mol. The molecule has 290 valence electrons. The molecule has 18 heteroatoms. The SMILES string of the molecule is CCOC[C@H](NC(=O)OC)C(=O)N1CCC[C@H]1c1ncc(-c2ccc(-c3ccc(-c4cnc(C5CCCN5C(=O)[C@H](CCOC)NC(=O)OC)[nH]4)s3)s2)[nH]1. The Morgan fingerprint density at radius 2 is 1.26 bits per heavy atom. The number of hydrogen-bond donors (Lipinski definition) is 4. The molecule has 2 fully saturated rings. The molecule has 2 aliphatic heterocycles. The molecule has 1 unspecified atom stereocenters. The fraction of sp³-hybridized carbons (Fsp3) is 0.500. The number of amides is 4. The van der Waals surface area contributed by atoms with Gasteiger partial charge in [-0.15, -0.1) is 22.7 Å². The molecule has 6 heterocycles. The third-order valence-corrected chi connectivity index (χ3v) is 12.0. The number of nitrogens with zero attached hydrogens (tertiary/aromatic N) is 4. The summed E-state index contributed by atoms with van der Waals surface area (Å²) >= 11 is 3.28. The fourth-order valence-electron chi connectivity index (χ4n) is 6.83. The first-order valence-corrected chi connectivity index (χ1v) is 19.5. The van der Waals surface area contributed by atoms with Crippen LogP contribution in [0.15, 0.2) is 36.7 Å². The number of nitrogens with one attached hydrogen (secondary N) is 4. The Morgan fingerprint density at radius 1 is 0.778 bits per heavy atom. The predicted octanol–water partition coefficient (Wildman–Crippen LogP) is 5.11.